The number of halogens is 1. The monoisotopic (exact) mass is 315 g/mol. The number of nitrogens with zero attached hydrogens (tertiary/aromatic N) is 1. The zero-order valence-corrected chi connectivity index (χ0v) is 11.5. The fraction of sp³-hybridized carbons (Fsp3) is 0.273. The lowest BCUT2D eigenvalue weighted by molar-refractivity contribution is -0.116. The maximum Gasteiger partial charge on any atom is 0.169 e. The largest absolute Gasteiger partial charge is 0.297 e. The van der Waals surface area contributed by atoms with Gasteiger partial charge in [-0.25, -0.2) is 8.42 Å². The summed E-state index contributed by atoms with van der Waals surface area (Å²) < 4.78 is 22.8. The van der Waals surface area contributed by atoms with Gasteiger partial charge in [0.15, 0.2) is 15.6 Å². The maximum absolute atomic E-state index is 11.7. The molecule has 0 heterocycles. The molecule has 90 valence electrons. The Kier molecular flexibility index (Phi) is 4.43. The van der Waals surface area contributed by atoms with Crippen molar-refractivity contribution in [1.82, 2.24) is 0 Å². The van der Waals surface area contributed by atoms with Crippen LogP contribution in [0, 0.1) is 11.3 Å². The molecule has 0 aromatic heterocycles. The van der Waals surface area contributed by atoms with Crippen LogP contribution in [0.3, 0.4) is 0 Å². The molecule has 0 aliphatic rings. The summed E-state index contributed by atoms with van der Waals surface area (Å²) in [5.41, 5.74) is 0.504. The summed E-state index contributed by atoms with van der Waals surface area (Å²) in [6.45, 7) is 0. The summed E-state index contributed by atoms with van der Waals surface area (Å²) in [7, 11) is -3.40. The molecule has 6 heteroatoms. The van der Waals surface area contributed by atoms with Crippen molar-refractivity contribution in [3.8, 4) is 6.07 Å². The van der Waals surface area contributed by atoms with E-state index in [1.165, 1.54) is 0 Å². The Morgan fingerprint density at radius 2 is 1.94 bits per heavy atom. The highest BCUT2D eigenvalue weighted by molar-refractivity contribution is 9.10. The Balaban J connectivity index is 2.97. The highest BCUT2D eigenvalue weighted by atomic mass is 79.9. The number of Topliss-reactive ketones (excluding diaryl/α,β-unsaturated/α-hetero) is 1. The number of carbonyl (C=O) groups is 1. The lowest BCUT2D eigenvalue weighted by Crippen LogP contribution is -2.20. The average molecular weight is 316 g/mol. The molecule has 1 rings (SSSR count). The van der Waals surface area contributed by atoms with Crippen LogP contribution in [0.5, 0.6) is 0 Å². The van der Waals surface area contributed by atoms with Crippen molar-refractivity contribution in [1.29, 1.82) is 5.26 Å². The molecule has 17 heavy (non-hydrogen) atoms. The Hall–Kier alpha value is -1.19. The number of rotatable bonds is 4. The van der Waals surface area contributed by atoms with E-state index in [1.807, 2.05) is 6.07 Å². The minimum absolute atomic E-state index is 0.504. The Morgan fingerprint density at radius 1 is 1.41 bits per heavy atom. The Bertz CT molecular complexity index is 557. The lowest BCUT2D eigenvalue weighted by Gasteiger charge is -2.07. The Labute approximate surface area is 108 Å². The average Bonchev–Trinajstić information content (AvgIpc) is 2.19. The normalized spacial score (nSPS) is 12.8. The van der Waals surface area contributed by atoms with E-state index < -0.39 is 27.3 Å². The molecule has 0 aliphatic carbocycles. The van der Waals surface area contributed by atoms with E-state index in [1.54, 1.807) is 24.3 Å². The van der Waals surface area contributed by atoms with E-state index in [4.69, 9.17) is 5.26 Å². The molecule has 1 atom stereocenters. The highest BCUT2D eigenvalue weighted by Gasteiger charge is 2.23. The van der Waals surface area contributed by atoms with E-state index in [0.29, 0.717) is 5.56 Å². The van der Waals surface area contributed by atoms with E-state index in [0.717, 1.165) is 10.7 Å². The Morgan fingerprint density at radius 3 is 2.35 bits per heavy atom. The topological polar surface area (TPSA) is 75.0 Å². The summed E-state index contributed by atoms with van der Waals surface area (Å²) in [5.74, 6) is -2.24. The second-order valence-electron chi connectivity index (χ2n) is 3.65. The molecule has 1 aromatic carbocycles. The van der Waals surface area contributed by atoms with Crippen molar-refractivity contribution in [3.63, 3.8) is 0 Å². The molecule has 0 aliphatic heterocycles. The number of hydrogen-bond donors (Lipinski definition) is 0. The van der Waals surface area contributed by atoms with E-state index in [9.17, 15) is 13.2 Å². The molecule has 4 nitrogen and oxygen atoms in total. The van der Waals surface area contributed by atoms with Gasteiger partial charge in [-0.1, -0.05) is 28.1 Å². The van der Waals surface area contributed by atoms with Crippen LogP contribution in [-0.2, 0) is 14.6 Å². The molecule has 1 aromatic rings. The first-order valence-corrected chi connectivity index (χ1v) is 7.54. The van der Waals surface area contributed by atoms with Crippen LogP contribution in [0.15, 0.2) is 28.7 Å². The molecule has 0 fully saturated rings. The predicted octanol–water partition coefficient (Wildman–Crippen LogP) is 1.67. The van der Waals surface area contributed by atoms with Crippen LogP contribution < -0.4 is 0 Å². The molecular weight excluding hydrogens is 306 g/mol. The molecule has 0 saturated heterocycles. The maximum atomic E-state index is 11.7. The third-order valence-corrected chi connectivity index (χ3v) is 3.40. The molecular formula is C11H10BrNO3S. The quantitative estimate of drug-likeness (QED) is 0.847. The van der Waals surface area contributed by atoms with E-state index >= 15 is 0 Å². The zero-order valence-electron chi connectivity index (χ0n) is 9.05. The van der Waals surface area contributed by atoms with Crippen molar-refractivity contribution in [2.45, 2.75) is 5.92 Å². The third kappa shape index (κ3) is 4.29. The second-order valence-corrected chi connectivity index (χ2v) is 6.71. The van der Waals surface area contributed by atoms with Crippen molar-refractivity contribution >= 4 is 31.6 Å². The smallest absolute Gasteiger partial charge is 0.169 e. The minimum Gasteiger partial charge on any atom is -0.297 e. The number of sulfone groups is 1. The van der Waals surface area contributed by atoms with Gasteiger partial charge in [-0.2, -0.15) is 5.26 Å². The third-order valence-electron chi connectivity index (χ3n) is 2.06. The van der Waals surface area contributed by atoms with Gasteiger partial charge in [-0.05, 0) is 17.7 Å². The lowest BCUT2D eigenvalue weighted by atomic mass is 9.97. The molecule has 0 amide bonds. The fourth-order valence-electron chi connectivity index (χ4n) is 1.33. The van der Waals surface area contributed by atoms with Crippen molar-refractivity contribution in [3.05, 3.63) is 34.3 Å². The minimum atomic E-state index is -3.40. The van der Waals surface area contributed by atoms with Gasteiger partial charge in [0.1, 0.15) is 11.7 Å². The van der Waals surface area contributed by atoms with Gasteiger partial charge in [0, 0.05) is 10.7 Å². The van der Waals surface area contributed by atoms with Crippen molar-refractivity contribution < 1.29 is 13.2 Å². The van der Waals surface area contributed by atoms with Gasteiger partial charge in [0.2, 0.25) is 0 Å². The number of hydrogen-bond acceptors (Lipinski definition) is 4. The number of benzene rings is 1. The second kappa shape index (κ2) is 5.43. The first-order chi connectivity index (χ1) is 7.83. The first-order valence-electron chi connectivity index (χ1n) is 4.69. The fourth-order valence-corrected chi connectivity index (χ4v) is 2.28. The van der Waals surface area contributed by atoms with Gasteiger partial charge in [-0.3, -0.25) is 4.79 Å². The van der Waals surface area contributed by atoms with Gasteiger partial charge in [-0.15, -0.1) is 0 Å². The van der Waals surface area contributed by atoms with Crippen molar-refractivity contribution in [2.24, 2.45) is 0 Å². The van der Waals surface area contributed by atoms with Gasteiger partial charge >= 0.3 is 0 Å². The summed E-state index contributed by atoms with van der Waals surface area (Å²) in [5, 5.41) is 8.94. The predicted molar refractivity (Wildman–Crippen MR) is 67.2 cm³/mol. The van der Waals surface area contributed by atoms with Gasteiger partial charge in [0.05, 0.1) is 6.07 Å². The van der Waals surface area contributed by atoms with Crippen LogP contribution in [0.25, 0.3) is 0 Å². The zero-order chi connectivity index (χ0) is 13.1. The molecule has 1 unspecified atom stereocenters. The first kappa shape index (κ1) is 13.9. The number of ketones is 1. The standard InChI is InChI=1S/C11H10BrNO3S/c1-17(15,16)7-11(14)10(6-13)8-2-4-9(12)5-3-8/h2-5,10H,7H2,1H3. The highest BCUT2D eigenvalue weighted by Crippen LogP contribution is 2.19. The number of nitriles is 1. The van der Waals surface area contributed by atoms with Gasteiger partial charge < -0.3 is 0 Å². The summed E-state index contributed by atoms with van der Waals surface area (Å²) in [4.78, 5) is 11.7. The molecule has 0 saturated carbocycles. The molecule has 0 bridgehead atoms. The van der Waals surface area contributed by atoms with Crippen LogP contribution in [0.2, 0.25) is 0 Å². The van der Waals surface area contributed by atoms with Crippen LogP contribution in [-0.4, -0.2) is 26.2 Å². The van der Waals surface area contributed by atoms with E-state index in [2.05, 4.69) is 15.9 Å². The van der Waals surface area contributed by atoms with Gasteiger partial charge in [0.25, 0.3) is 0 Å². The SMILES string of the molecule is CS(=O)(=O)CC(=O)C(C#N)c1ccc(Br)cc1. The molecule has 0 N–H and O–H groups in total. The molecule has 0 radical (unpaired) electrons. The van der Waals surface area contributed by atoms with Crippen LogP contribution in [0.4, 0.5) is 0 Å². The van der Waals surface area contributed by atoms with Crippen LogP contribution in [0.1, 0.15) is 11.5 Å². The summed E-state index contributed by atoms with van der Waals surface area (Å²) in [6.07, 6.45) is 0.973. The van der Waals surface area contributed by atoms with Crippen LogP contribution >= 0.6 is 15.9 Å². The summed E-state index contributed by atoms with van der Waals surface area (Å²) >= 11 is 3.24. The number of carbonyl (C=O) groups excluding carboxylic acids is 1. The molecule has 0 spiro atoms. The summed E-state index contributed by atoms with van der Waals surface area (Å²) in [6, 6.07) is 8.48. The van der Waals surface area contributed by atoms with Crippen molar-refractivity contribution in [2.75, 3.05) is 12.0 Å². The van der Waals surface area contributed by atoms with E-state index in [-0.39, 0.29) is 0 Å².